The fraction of sp³-hybridized carbons (Fsp3) is 0.0714. The molecule has 5 aromatic rings. The van der Waals surface area contributed by atoms with E-state index in [1.165, 1.54) is 10.8 Å². The average molecular weight is 402 g/mol. The van der Waals surface area contributed by atoms with Gasteiger partial charge in [-0.05, 0) is 60.0 Å². The zero-order valence-corrected chi connectivity index (χ0v) is 17.5. The zero-order valence-electron chi connectivity index (χ0n) is 17.5. The average Bonchev–Trinajstić information content (AvgIpc) is 2.78. The lowest BCUT2D eigenvalue weighted by atomic mass is 10.0. The van der Waals surface area contributed by atoms with Gasteiger partial charge in [-0.1, -0.05) is 78.4 Å². The van der Waals surface area contributed by atoms with Gasteiger partial charge in [-0.25, -0.2) is 4.98 Å². The van der Waals surface area contributed by atoms with Crippen molar-refractivity contribution in [1.29, 1.82) is 0 Å². The van der Waals surface area contributed by atoms with Crippen LogP contribution in [-0.4, -0.2) is 9.55 Å². The Morgan fingerprint density at radius 1 is 0.774 bits per heavy atom. The van der Waals surface area contributed by atoms with Crippen LogP contribution in [0, 0.1) is 13.8 Å². The molecule has 0 bridgehead atoms. The number of benzene rings is 4. The maximum absolute atomic E-state index is 13.5. The molecule has 3 nitrogen and oxygen atoms in total. The Hall–Kier alpha value is -3.98. The lowest BCUT2D eigenvalue weighted by molar-refractivity contribution is 0.933. The van der Waals surface area contributed by atoms with E-state index in [9.17, 15) is 4.79 Å². The number of para-hydroxylation sites is 1. The van der Waals surface area contributed by atoms with Crippen LogP contribution in [0.4, 0.5) is 0 Å². The highest BCUT2D eigenvalue weighted by Gasteiger charge is 2.13. The molecule has 31 heavy (non-hydrogen) atoms. The Morgan fingerprint density at radius 2 is 1.52 bits per heavy atom. The highest BCUT2D eigenvalue weighted by Crippen LogP contribution is 2.22. The second-order valence-corrected chi connectivity index (χ2v) is 7.82. The lowest BCUT2D eigenvalue weighted by Gasteiger charge is -2.14. The van der Waals surface area contributed by atoms with Crippen molar-refractivity contribution in [3.05, 3.63) is 118 Å². The molecule has 3 heteroatoms. The molecule has 0 amide bonds. The molecule has 1 aromatic heterocycles. The second kappa shape index (κ2) is 7.69. The van der Waals surface area contributed by atoms with E-state index >= 15 is 0 Å². The molecule has 0 aliphatic carbocycles. The van der Waals surface area contributed by atoms with Crippen LogP contribution in [0.1, 0.15) is 22.5 Å². The lowest BCUT2D eigenvalue weighted by Crippen LogP contribution is -2.23. The molecule has 0 aliphatic heterocycles. The zero-order chi connectivity index (χ0) is 21.4. The van der Waals surface area contributed by atoms with Crippen LogP contribution < -0.4 is 5.56 Å². The van der Waals surface area contributed by atoms with E-state index < -0.39 is 0 Å². The molecule has 0 fully saturated rings. The van der Waals surface area contributed by atoms with E-state index in [2.05, 4.69) is 37.3 Å². The summed E-state index contributed by atoms with van der Waals surface area (Å²) in [5, 5.41) is 2.97. The standard InChI is InChI=1S/C28H22N2O/c1-19-14-16-26(20(2)18-19)30-27(29-25-13-6-5-12-24(25)28(30)31)17-15-22-10-7-9-21-8-3-4-11-23(21)22/h3-18H,1-2H3/b17-15+. The number of fused-ring (bicyclic) bond motifs is 2. The van der Waals surface area contributed by atoms with Crippen molar-refractivity contribution in [1.82, 2.24) is 9.55 Å². The van der Waals surface area contributed by atoms with Gasteiger partial charge in [0.25, 0.3) is 5.56 Å². The molecule has 0 N–H and O–H groups in total. The molecule has 0 saturated heterocycles. The van der Waals surface area contributed by atoms with Gasteiger partial charge < -0.3 is 0 Å². The Morgan fingerprint density at radius 3 is 2.35 bits per heavy atom. The normalized spacial score (nSPS) is 11.5. The van der Waals surface area contributed by atoms with E-state index in [-0.39, 0.29) is 5.56 Å². The van der Waals surface area contributed by atoms with Crippen LogP contribution in [0.3, 0.4) is 0 Å². The van der Waals surface area contributed by atoms with Crippen molar-refractivity contribution in [2.45, 2.75) is 13.8 Å². The Kier molecular flexibility index (Phi) is 4.72. The number of hydrogen-bond acceptors (Lipinski definition) is 2. The summed E-state index contributed by atoms with van der Waals surface area (Å²) in [4.78, 5) is 18.3. The third-order valence-electron chi connectivity index (χ3n) is 5.63. The maximum atomic E-state index is 13.5. The van der Waals surface area contributed by atoms with E-state index in [0.29, 0.717) is 16.7 Å². The second-order valence-electron chi connectivity index (χ2n) is 7.82. The summed E-state index contributed by atoms with van der Waals surface area (Å²) in [5.74, 6) is 0.614. The topological polar surface area (TPSA) is 34.9 Å². The molecule has 150 valence electrons. The molecule has 5 rings (SSSR count). The van der Waals surface area contributed by atoms with Gasteiger partial charge in [0.1, 0.15) is 5.82 Å². The van der Waals surface area contributed by atoms with E-state index in [0.717, 1.165) is 22.4 Å². The molecular formula is C28H22N2O. The molecule has 4 aromatic carbocycles. The predicted octanol–water partition coefficient (Wildman–Crippen LogP) is 6.33. The summed E-state index contributed by atoms with van der Waals surface area (Å²) in [5.41, 5.74) is 4.79. The van der Waals surface area contributed by atoms with Crippen LogP contribution in [0.2, 0.25) is 0 Å². The van der Waals surface area contributed by atoms with Gasteiger partial charge in [0, 0.05) is 0 Å². The van der Waals surface area contributed by atoms with Gasteiger partial charge in [0.15, 0.2) is 0 Å². The number of rotatable bonds is 3. The Bertz CT molecular complexity index is 1520. The molecular weight excluding hydrogens is 380 g/mol. The summed E-state index contributed by atoms with van der Waals surface area (Å²) in [6, 6.07) is 28.2. The van der Waals surface area contributed by atoms with Crippen molar-refractivity contribution in [3.63, 3.8) is 0 Å². The van der Waals surface area contributed by atoms with Crippen LogP contribution in [0.5, 0.6) is 0 Å². The smallest absolute Gasteiger partial charge is 0.266 e. The van der Waals surface area contributed by atoms with Crippen LogP contribution in [0.15, 0.2) is 89.7 Å². The number of aryl methyl sites for hydroxylation is 2. The van der Waals surface area contributed by atoms with E-state index in [1.54, 1.807) is 4.57 Å². The molecule has 0 spiro atoms. The first-order valence-corrected chi connectivity index (χ1v) is 10.4. The predicted molar refractivity (Wildman–Crippen MR) is 130 cm³/mol. The number of nitrogens with zero attached hydrogens (tertiary/aromatic N) is 2. The molecule has 0 saturated carbocycles. The molecule has 0 radical (unpaired) electrons. The van der Waals surface area contributed by atoms with Gasteiger partial charge in [-0.2, -0.15) is 0 Å². The van der Waals surface area contributed by atoms with Crippen molar-refractivity contribution < 1.29 is 0 Å². The first kappa shape index (κ1) is 19.0. The molecule has 0 aliphatic rings. The van der Waals surface area contributed by atoms with Crippen LogP contribution >= 0.6 is 0 Å². The number of aromatic nitrogens is 2. The van der Waals surface area contributed by atoms with Gasteiger partial charge in [-0.3, -0.25) is 9.36 Å². The highest BCUT2D eigenvalue weighted by atomic mass is 16.1. The fourth-order valence-electron chi connectivity index (χ4n) is 4.11. The summed E-state index contributed by atoms with van der Waals surface area (Å²) < 4.78 is 1.72. The van der Waals surface area contributed by atoms with Gasteiger partial charge in [-0.15, -0.1) is 0 Å². The van der Waals surface area contributed by atoms with Crippen molar-refractivity contribution in [2.75, 3.05) is 0 Å². The minimum Gasteiger partial charge on any atom is -0.268 e. The van der Waals surface area contributed by atoms with Gasteiger partial charge in [0.05, 0.1) is 16.6 Å². The molecule has 0 atom stereocenters. The Labute approximate surface area is 180 Å². The summed E-state index contributed by atoms with van der Waals surface area (Å²) in [6.45, 7) is 4.09. The van der Waals surface area contributed by atoms with E-state index in [1.807, 2.05) is 73.7 Å². The van der Waals surface area contributed by atoms with Crippen molar-refractivity contribution in [2.24, 2.45) is 0 Å². The maximum Gasteiger partial charge on any atom is 0.266 e. The van der Waals surface area contributed by atoms with Crippen LogP contribution in [0.25, 0.3) is 39.5 Å². The Balaban J connectivity index is 1.76. The largest absolute Gasteiger partial charge is 0.268 e. The van der Waals surface area contributed by atoms with E-state index in [4.69, 9.17) is 4.98 Å². The third-order valence-corrected chi connectivity index (χ3v) is 5.63. The van der Waals surface area contributed by atoms with Crippen LogP contribution in [-0.2, 0) is 0 Å². The van der Waals surface area contributed by atoms with Crippen molar-refractivity contribution >= 4 is 33.8 Å². The quantitative estimate of drug-likeness (QED) is 0.354. The summed E-state index contributed by atoms with van der Waals surface area (Å²) >= 11 is 0. The minimum atomic E-state index is -0.0601. The van der Waals surface area contributed by atoms with Gasteiger partial charge >= 0.3 is 0 Å². The third kappa shape index (κ3) is 3.44. The highest BCUT2D eigenvalue weighted by molar-refractivity contribution is 5.92. The van der Waals surface area contributed by atoms with Crippen molar-refractivity contribution in [3.8, 4) is 5.69 Å². The SMILES string of the molecule is Cc1ccc(-n2c(/C=C/c3cccc4ccccc34)nc3ccccc3c2=O)c(C)c1. The first-order valence-electron chi connectivity index (χ1n) is 10.4. The minimum absolute atomic E-state index is 0.0601. The fourth-order valence-corrected chi connectivity index (χ4v) is 4.11. The molecule has 1 heterocycles. The first-order chi connectivity index (χ1) is 15.1. The monoisotopic (exact) mass is 402 g/mol. The number of hydrogen-bond donors (Lipinski definition) is 0. The molecule has 0 unspecified atom stereocenters. The van der Waals surface area contributed by atoms with Gasteiger partial charge in [0.2, 0.25) is 0 Å². The summed E-state index contributed by atoms with van der Waals surface area (Å²) in [7, 11) is 0. The summed E-state index contributed by atoms with van der Waals surface area (Å²) in [6.07, 6.45) is 3.98.